The summed E-state index contributed by atoms with van der Waals surface area (Å²) in [6.07, 6.45) is 0. The standard InChI is InChI=1S/C23H17FN4OS2/c1-14-19(22-26-21(27-29-22)18-11-6-12-31-18)20(15-7-5-8-16(24)13-15)25-23(30)28(14)17-9-3-2-4-10-17/h2-13,20H,1H3,(H,25,30). The molecule has 31 heavy (non-hydrogen) atoms. The van der Waals surface area contributed by atoms with Crippen LogP contribution < -0.4 is 10.2 Å². The van der Waals surface area contributed by atoms with Crippen molar-refractivity contribution in [1.82, 2.24) is 15.5 Å². The zero-order valence-electron chi connectivity index (χ0n) is 16.4. The maximum absolute atomic E-state index is 14.0. The Morgan fingerprint density at radius 2 is 1.94 bits per heavy atom. The molecular formula is C23H17FN4OS2. The molecule has 1 atom stereocenters. The third-order valence-corrected chi connectivity index (χ3v) is 6.25. The van der Waals surface area contributed by atoms with Crippen LogP contribution >= 0.6 is 23.6 Å². The Balaban J connectivity index is 1.67. The van der Waals surface area contributed by atoms with Crippen molar-refractivity contribution in [2.45, 2.75) is 13.0 Å². The molecular weight excluding hydrogens is 431 g/mol. The topological polar surface area (TPSA) is 54.2 Å². The molecule has 0 saturated carbocycles. The first kappa shape index (κ1) is 19.6. The Bertz CT molecular complexity index is 1270. The fourth-order valence-corrected chi connectivity index (χ4v) is 4.69. The molecule has 1 unspecified atom stereocenters. The summed E-state index contributed by atoms with van der Waals surface area (Å²) in [7, 11) is 0. The number of para-hydroxylation sites is 1. The van der Waals surface area contributed by atoms with Gasteiger partial charge < -0.3 is 9.84 Å². The number of aromatic nitrogens is 2. The van der Waals surface area contributed by atoms with Crippen LogP contribution in [0.5, 0.6) is 0 Å². The SMILES string of the molecule is CC1=C(c2nc(-c3cccs3)no2)C(c2cccc(F)c2)NC(=S)N1c1ccccc1. The van der Waals surface area contributed by atoms with E-state index in [1.807, 2.05) is 65.7 Å². The molecule has 0 aliphatic carbocycles. The molecule has 0 amide bonds. The number of nitrogens with one attached hydrogen (secondary N) is 1. The van der Waals surface area contributed by atoms with Gasteiger partial charge in [-0.1, -0.05) is 41.6 Å². The maximum Gasteiger partial charge on any atom is 0.258 e. The molecule has 1 aliphatic heterocycles. The smallest absolute Gasteiger partial charge is 0.258 e. The zero-order valence-corrected chi connectivity index (χ0v) is 18.1. The summed E-state index contributed by atoms with van der Waals surface area (Å²) in [6, 6.07) is 19.7. The molecule has 4 aromatic rings. The van der Waals surface area contributed by atoms with E-state index in [0.717, 1.165) is 27.4 Å². The molecule has 0 saturated heterocycles. The molecule has 8 heteroatoms. The van der Waals surface area contributed by atoms with Crippen LogP contribution in [0.15, 0.2) is 82.3 Å². The molecule has 0 fully saturated rings. The number of allylic oxidation sites excluding steroid dienone is 1. The lowest BCUT2D eigenvalue weighted by atomic mass is 9.94. The summed E-state index contributed by atoms with van der Waals surface area (Å²) < 4.78 is 19.7. The van der Waals surface area contributed by atoms with Crippen molar-refractivity contribution in [1.29, 1.82) is 0 Å². The zero-order chi connectivity index (χ0) is 21.4. The lowest BCUT2D eigenvalue weighted by molar-refractivity contribution is 0.404. The van der Waals surface area contributed by atoms with E-state index < -0.39 is 6.04 Å². The second-order valence-electron chi connectivity index (χ2n) is 7.01. The van der Waals surface area contributed by atoms with E-state index in [1.165, 1.54) is 23.5 Å². The number of hydrogen-bond donors (Lipinski definition) is 1. The number of anilines is 1. The molecule has 2 aromatic carbocycles. The van der Waals surface area contributed by atoms with Crippen LogP contribution in [0.25, 0.3) is 16.3 Å². The van der Waals surface area contributed by atoms with Gasteiger partial charge in [-0.05, 0) is 60.4 Å². The van der Waals surface area contributed by atoms with Gasteiger partial charge in [0.05, 0.1) is 16.5 Å². The van der Waals surface area contributed by atoms with Gasteiger partial charge in [-0.25, -0.2) is 4.39 Å². The highest BCUT2D eigenvalue weighted by molar-refractivity contribution is 7.80. The minimum atomic E-state index is -0.431. The van der Waals surface area contributed by atoms with Crippen LogP contribution in [0, 0.1) is 5.82 Å². The average Bonchev–Trinajstić information content (AvgIpc) is 3.46. The first-order valence-electron chi connectivity index (χ1n) is 9.61. The molecule has 2 aromatic heterocycles. The number of thiophene rings is 1. The minimum absolute atomic E-state index is 0.322. The second kappa shape index (κ2) is 8.05. The first-order chi connectivity index (χ1) is 15.1. The van der Waals surface area contributed by atoms with Crippen LogP contribution in [-0.2, 0) is 0 Å². The number of halogens is 1. The van der Waals surface area contributed by atoms with Crippen LogP contribution in [0.3, 0.4) is 0 Å². The van der Waals surface area contributed by atoms with Gasteiger partial charge in [0.2, 0.25) is 5.82 Å². The summed E-state index contributed by atoms with van der Waals surface area (Å²) in [4.78, 5) is 7.49. The third kappa shape index (κ3) is 3.64. The van der Waals surface area contributed by atoms with E-state index in [1.54, 1.807) is 6.07 Å². The van der Waals surface area contributed by atoms with Crippen molar-refractivity contribution in [2.75, 3.05) is 4.90 Å². The summed E-state index contributed by atoms with van der Waals surface area (Å²) in [5.74, 6) is 0.561. The van der Waals surface area contributed by atoms with E-state index in [2.05, 4.69) is 15.5 Å². The molecule has 0 radical (unpaired) electrons. The van der Waals surface area contributed by atoms with E-state index >= 15 is 0 Å². The van der Waals surface area contributed by atoms with Crippen LogP contribution in [0.4, 0.5) is 10.1 Å². The second-order valence-corrected chi connectivity index (χ2v) is 8.34. The molecule has 1 N–H and O–H groups in total. The molecule has 3 heterocycles. The Hall–Kier alpha value is -3.36. The first-order valence-corrected chi connectivity index (χ1v) is 10.9. The largest absolute Gasteiger partial charge is 0.351 e. The normalized spacial score (nSPS) is 16.5. The maximum atomic E-state index is 14.0. The van der Waals surface area contributed by atoms with E-state index in [0.29, 0.717) is 16.8 Å². The van der Waals surface area contributed by atoms with Crippen molar-refractivity contribution >= 4 is 39.9 Å². The van der Waals surface area contributed by atoms with Crippen molar-refractivity contribution in [3.63, 3.8) is 0 Å². The minimum Gasteiger partial charge on any atom is -0.351 e. The highest BCUT2D eigenvalue weighted by Crippen LogP contribution is 2.39. The molecule has 5 rings (SSSR count). The van der Waals surface area contributed by atoms with E-state index in [9.17, 15) is 4.39 Å². The molecule has 0 spiro atoms. The van der Waals surface area contributed by atoms with Gasteiger partial charge in [0.1, 0.15) is 5.82 Å². The predicted octanol–water partition coefficient (Wildman–Crippen LogP) is 5.80. The number of thiocarbonyl (C=S) groups is 1. The monoisotopic (exact) mass is 448 g/mol. The molecule has 154 valence electrons. The van der Waals surface area contributed by atoms with Crippen LogP contribution in [-0.4, -0.2) is 15.3 Å². The summed E-state index contributed by atoms with van der Waals surface area (Å²) >= 11 is 7.23. The predicted molar refractivity (Wildman–Crippen MR) is 124 cm³/mol. The Morgan fingerprint density at radius 3 is 2.68 bits per heavy atom. The highest BCUT2D eigenvalue weighted by Gasteiger charge is 2.34. The van der Waals surface area contributed by atoms with Crippen molar-refractivity contribution < 1.29 is 8.91 Å². The van der Waals surface area contributed by atoms with Gasteiger partial charge >= 0.3 is 0 Å². The summed E-state index contributed by atoms with van der Waals surface area (Å²) in [6.45, 7) is 1.96. The lowest BCUT2D eigenvalue weighted by Gasteiger charge is -2.37. The van der Waals surface area contributed by atoms with Crippen molar-refractivity contribution in [3.05, 3.63) is 95.1 Å². The van der Waals surface area contributed by atoms with Crippen LogP contribution in [0.2, 0.25) is 0 Å². The summed E-state index contributed by atoms with van der Waals surface area (Å²) in [5, 5.41) is 9.98. The number of benzene rings is 2. The number of hydrogen-bond acceptors (Lipinski definition) is 5. The van der Waals surface area contributed by atoms with Gasteiger partial charge in [-0.3, -0.25) is 4.90 Å². The van der Waals surface area contributed by atoms with Crippen molar-refractivity contribution in [2.24, 2.45) is 0 Å². The molecule has 1 aliphatic rings. The lowest BCUT2D eigenvalue weighted by Crippen LogP contribution is -2.46. The van der Waals surface area contributed by atoms with Crippen LogP contribution in [0.1, 0.15) is 24.4 Å². The van der Waals surface area contributed by atoms with Gasteiger partial charge in [-0.2, -0.15) is 4.98 Å². The van der Waals surface area contributed by atoms with Gasteiger partial charge in [-0.15, -0.1) is 11.3 Å². The average molecular weight is 449 g/mol. The third-order valence-electron chi connectivity index (χ3n) is 5.08. The number of nitrogens with zero attached hydrogens (tertiary/aromatic N) is 3. The fourth-order valence-electron chi connectivity index (χ4n) is 3.68. The van der Waals surface area contributed by atoms with Gasteiger partial charge in [0, 0.05) is 11.4 Å². The quantitative estimate of drug-likeness (QED) is 0.398. The van der Waals surface area contributed by atoms with Crippen molar-refractivity contribution in [3.8, 4) is 10.7 Å². The number of rotatable bonds is 4. The Labute approximate surface area is 187 Å². The molecule has 5 nitrogen and oxygen atoms in total. The summed E-state index contributed by atoms with van der Waals surface area (Å²) in [5.41, 5.74) is 3.22. The highest BCUT2D eigenvalue weighted by atomic mass is 32.1. The van der Waals surface area contributed by atoms with E-state index in [4.69, 9.17) is 16.7 Å². The van der Waals surface area contributed by atoms with E-state index in [-0.39, 0.29) is 5.82 Å². The Kier molecular flexibility index (Phi) is 5.09. The van der Waals surface area contributed by atoms with Gasteiger partial charge in [0.15, 0.2) is 5.11 Å². The molecule has 0 bridgehead atoms. The fraction of sp³-hybridized carbons (Fsp3) is 0.0870. The van der Waals surface area contributed by atoms with Gasteiger partial charge in [0.25, 0.3) is 5.89 Å². The Morgan fingerprint density at radius 1 is 1.10 bits per heavy atom.